The van der Waals surface area contributed by atoms with E-state index in [4.69, 9.17) is 4.42 Å². The third-order valence-corrected chi connectivity index (χ3v) is 13.0. The lowest BCUT2D eigenvalue weighted by Gasteiger charge is -2.26. The minimum Gasteiger partial charge on any atom is -0.456 e. The summed E-state index contributed by atoms with van der Waals surface area (Å²) in [6.45, 7) is 0. The first kappa shape index (κ1) is 40.5. The Morgan fingerprint density at radius 2 is 0.471 bits per heavy atom. The van der Waals surface area contributed by atoms with Crippen molar-refractivity contribution in [1.82, 2.24) is 0 Å². The largest absolute Gasteiger partial charge is 0.456 e. The van der Waals surface area contributed by atoms with E-state index in [1.165, 1.54) is 55.6 Å². The van der Waals surface area contributed by atoms with Crippen LogP contribution >= 0.6 is 0 Å². The van der Waals surface area contributed by atoms with Crippen LogP contribution in [0.25, 0.3) is 99.8 Å². The molecule has 1 heterocycles. The molecule has 0 atom stereocenters. The van der Waals surface area contributed by atoms with Gasteiger partial charge < -0.3 is 9.32 Å². The van der Waals surface area contributed by atoms with Crippen molar-refractivity contribution >= 4 is 39.0 Å². The average molecular weight is 868 g/mol. The molecule has 0 spiro atoms. The summed E-state index contributed by atoms with van der Waals surface area (Å²) in [4.78, 5) is 2.36. The lowest BCUT2D eigenvalue weighted by Crippen LogP contribution is -2.09. The number of nitrogens with zero attached hydrogens (tertiary/aromatic N) is 1. The first-order valence-electron chi connectivity index (χ1n) is 23.2. The maximum atomic E-state index is 6.16. The Hall–Kier alpha value is -8.98. The molecule has 0 saturated heterocycles. The fourth-order valence-corrected chi connectivity index (χ4v) is 9.54. The van der Waals surface area contributed by atoms with Crippen LogP contribution in [0.1, 0.15) is 0 Å². The fraction of sp³-hybridized carbons (Fsp3) is 0. The molecule has 12 aromatic rings. The smallest absolute Gasteiger partial charge is 0.135 e. The summed E-state index contributed by atoms with van der Waals surface area (Å²) in [5.41, 5.74) is 21.5. The molecule has 0 saturated carbocycles. The molecule has 0 amide bonds. The van der Waals surface area contributed by atoms with E-state index in [-0.39, 0.29) is 0 Å². The van der Waals surface area contributed by atoms with Gasteiger partial charge in [0.25, 0.3) is 0 Å². The minimum atomic E-state index is 0.899. The van der Waals surface area contributed by atoms with Gasteiger partial charge in [0.2, 0.25) is 0 Å². The van der Waals surface area contributed by atoms with Crippen LogP contribution in [0.4, 0.5) is 17.1 Å². The second-order valence-electron chi connectivity index (χ2n) is 17.3. The summed E-state index contributed by atoms with van der Waals surface area (Å²) >= 11 is 0. The average Bonchev–Trinajstić information content (AvgIpc) is 3.80. The first-order chi connectivity index (χ1) is 33.7. The van der Waals surface area contributed by atoms with Crippen LogP contribution in [0, 0.1) is 0 Å². The third-order valence-electron chi connectivity index (χ3n) is 13.0. The number of hydrogen-bond donors (Lipinski definition) is 0. The highest BCUT2D eigenvalue weighted by Gasteiger charge is 2.16. The molecule has 0 radical (unpaired) electrons. The van der Waals surface area contributed by atoms with Gasteiger partial charge in [0, 0.05) is 27.8 Å². The first-order valence-corrected chi connectivity index (χ1v) is 23.2. The van der Waals surface area contributed by atoms with Crippen LogP contribution < -0.4 is 4.90 Å². The summed E-state index contributed by atoms with van der Waals surface area (Å²) < 4.78 is 6.16. The quantitative estimate of drug-likeness (QED) is 0.136. The lowest BCUT2D eigenvalue weighted by atomic mass is 9.93. The van der Waals surface area contributed by atoms with Gasteiger partial charge in [0.1, 0.15) is 11.2 Å². The van der Waals surface area contributed by atoms with Gasteiger partial charge in [0.15, 0.2) is 0 Å². The van der Waals surface area contributed by atoms with Crippen molar-refractivity contribution in [3.63, 3.8) is 0 Å². The molecule has 2 heteroatoms. The van der Waals surface area contributed by atoms with Crippen molar-refractivity contribution in [1.29, 1.82) is 0 Å². The maximum Gasteiger partial charge on any atom is 0.135 e. The second kappa shape index (κ2) is 17.8. The molecule has 2 nitrogen and oxygen atoms in total. The van der Waals surface area contributed by atoms with Crippen molar-refractivity contribution in [2.24, 2.45) is 0 Å². The number of benzene rings is 11. The molecule has 0 fully saturated rings. The molecule has 0 unspecified atom stereocenters. The highest BCUT2D eigenvalue weighted by molar-refractivity contribution is 6.06. The number of anilines is 3. The summed E-state index contributed by atoms with van der Waals surface area (Å²) in [6, 6.07) is 98.2. The zero-order valence-electron chi connectivity index (χ0n) is 37.3. The summed E-state index contributed by atoms with van der Waals surface area (Å²) in [5, 5.41) is 2.25. The van der Waals surface area contributed by atoms with E-state index in [9.17, 15) is 0 Å². The molecule has 1 aromatic heterocycles. The van der Waals surface area contributed by atoms with Crippen LogP contribution in [-0.4, -0.2) is 0 Å². The summed E-state index contributed by atoms with van der Waals surface area (Å²) in [5.74, 6) is 0. The van der Waals surface area contributed by atoms with Crippen LogP contribution in [0.2, 0.25) is 0 Å². The van der Waals surface area contributed by atoms with Gasteiger partial charge in [-0.05, 0) is 169 Å². The second-order valence-corrected chi connectivity index (χ2v) is 17.3. The number of fused-ring (bicyclic) bond motifs is 3. The molecule has 0 aliphatic carbocycles. The Kier molecular flexibility index (Phi) is 10.6. The molecule has 12 rings (SSSR count). The zero-order valence-corrected chi connectivity index (χ0v) is 37.3. The molecule has 320 valence electrons. The molecule has 0 aliphatic rings. The monoisotopic (exact) mass is 867 g/mol. The maximum absolute atomic E-state index is 6.16. The van der Waals surface area contributed by atoms with Crippen molar-refractivity contribution in [2.45, 2.75) is 0 Å². The predicted molar refractivity (Wildman–Crippen MR) is 286 cm³/mol. The zero-order chi connectivity index (χ0) is 45.2. The Balaban J connectivity index is 0.938. The molecular formula is C66H45NO. The Morgan fingerprint density at radius 3 is 0.838 bits per heavy atom. The van der Waals surface area contributed by atoms with Crippen LogP contribution in [-0.2, 0) is 0 Å². The topological polar surface area (TPSA) is 16.4 Å². The van der Waals surface area contributed by atoms with Gasteiger partial charge >= 0.3 is 0 Å². The molecule has 11 aromatic carbocycles. The molecular weight excluding hydrogens is 823 g/mol. The summed E-state index contributed by atoms with van der Waals surface area (Å²) in [7, 11) is 0. The van der Waals surface area contributed by atoms with E-state index in [0.717, 1.165) is 61.3 Å². The van der Waals surface area contributed by atoms with Gasteiger partial charge in [-0.3, -0.25) is 0 Å². The van der Waals surface area contributed by atoms with Crippen molar-refractivity contribution in [3.05, 3.63) is 273 Å². The van der Waals surface area contributed by atoms with E-state index in [1.54, 1.807) is 0 Å². The Bertz CT molecular complexity index is 3390. The van der Waals surface area contributed by atoms with Crippen LogP contribution in [0.3, 0.4) is 0 Å². The van der Waals surface area contributed by atoms with Gasteiger partial charge in [-0.25, -0.2) is 0 Å². The van der Waals surface area contributed by atoms with Crippen LogP contribution in [0.5, 0.6) is 0 Å². The van der Waals surface area contributed by atoms with E-state index in [1.807, 2.05) is 12.1 Å². The molecule has 0 aliphatic heterocycles. The van der Waals surface area contributed by atoms with Crippen molar-refractivity contribution < 1.29 is 4.42 Å². The SMILES string of the molecule is c1ccc(-c2cc(-c3ccccc3)cc(-c3ccc(N(c4ccc(-c5cc(-c6ccccc6)cc(-c6ccccc6)c5)cc4)c4ccc(-c5ccc6oc7ccccc7c6c5)cc4)cc3)c2)cc1. The highest BCUT2D eigenvalue weighted by atomic mass is 16.3. The van der Waals surface area contributed by atoms with Gasteiger partial charge in [-0.2, -0.15) is 0 Å². The predicted octanol–water partition coefficient (Wildman–Crippen LogP) is 18.7. The van der Waals surface area contributed by atoms with E-state index >= 15 is 0 Å². The van der Waals surface area contributed by atoms with Gasteiger partial charge in [-0.15, -0.1) is 0 Å². The third kappa shape index (κ3) is 8.06. The van der Waals surface area contributed by atoms with Crippen molar-refractivity contribution in [3.8, 4) is 77.9 Å². The van der Waals surface area contributed by atoms with E-state index < -0.39 is 0 Å². The van der Waals surface area contributed by atoms with Crippen LogP contribution in [0.15, 0.2) is 277 Å². The van der Waals surface area contributed by atoms with E-state index in [0.29, 0.717) is 0 Å². The normalized spacial score (nSPS) is 11.2. The Labute approximate surface area is 397 Å². The minimum absolute atomic E-state index is 0.899. The summed E-state index contributed by atoms with van der Waals surface area (Å²) in [6.07, 6.45) is 0. The number of furan rings is 1. The molecule has 0 bridgehead atoms. The van der Waals surface area contributed by atoms with Gasteiger partial charge in [0.05, 0.1) is 0 Å². The number of hydrogen-bond acceptors (Lipinski definition) is 2. The lowest BCUT2D eigenvalue weighted by molar-refractivity contribution is 0.669. The van der Waals surface area contributed by atoms with E-state index in [2.05, 4.69) is 266 Å². The van der Waals surface area contributed by atoms with Crippen molar-refractivity contribution in [2.75, 3.05) is 4.90 Å². The molecule has 0 N–H and O–H groups in total. The number of para-hydroxylation sites is 1. The highest BCUT2D eigenvalue weighted by Crippen LogP contribution is 2.41. The Morgan fingerprint density at radius 1 is 0.191 bits per heavy atom. The fourth-order valence-electron chi connectivity index (χ4n) is 9.54. The van der Waals surface area contributed by atoms with Gasteiger partial charge in [-0.1, -0.05) is 182 Å². The standard InChI is InChI=1S/C66H45NO/c1-5-15-46(16-6-1)54-39-55(47-17-7-2-8-18-47)42-58(41-54)51-27-34-61(35-28-51)67(60-32-25-50(26-33-60)53-31-38-66-64(45-53)63-23-13-14-24-65(63)68-66)62-36-29-52(30-37-62)59-43-56(48-19-9-3-10-20-48)40-57(44-59)49-21-11-4-12-22-49/h1-45H. The number of rotatable bonds is 10. The molecule has 68 heavy (non-hydrogen) atoms.